The van der Waals surface area contributed by atoms with Crippen LogP contribution in [0.5, 0.6) is 0 Å². The SMILES string of the molecule is CN(C(=O)CCS(=O)(=O)c1ccc2c(c1)SCC(=O)N2)C1CCCCC1. The van der Waals surface area contributed by atoms with Gasteiger partial charge in [-0.2, -0.15) is 0 Å². The zero-order valence-electron chi connectivity index (χ0n) is 14.9. The highest BCUT2D eigenvalue weighted by Gasteiger charge is 2.25. The van der Waals surface area contributed by atoms with Gasteiger partial charge in [-0.15, -0.1) is 11.8 Å². The molecule has 0 radical (unpaired) electrons. The van der Waals surface area contributed by atoms with Gasteiger partial charge in [0.05, 0.1) is 22.1 Å². The Hall–Kier alpha value is -1.54. The summed E-state index contributed by atoms with van der Waals surface area (Å²) in [6.07, 6.45) is 5.47. The summed E-state index contributed by atoms with van der Waals surface area (Å²) in [7, 11) is -1.76. The van der Waals surface area contributed by atoms with Crippen LogP contribution >= 0.6 is 11.8 Å². The van der Waals surface area contributed by atoms with E-state index < -0.39 is 9.84 Å². The number of rotatable bonds is 5. The summed E-state index contributed by atoms with van der Waals surface area (Å²) in [5.74, 6) is -0.116. The molecule has 0 saturated heterocycles. The Balaban J connectivity index is 1.63. The maximum absolute atomic E-state index is 12.6. The van der Waals surface area contributed by atoms with Crippen molar-refractivity contribution in [3.8, 4) is 0 Å². The van der Waals surface area contributed by atoms with E-state index in [1.807, 2.05) is 0 Å². The number of hydrogen-bond donors (Lipinski definition) is 1. The monoisotopic (exact) mass is 396 g/mol. The van der Waals surface area contributed by atoms with Gasteiger partial charge in [-0.1, -0.05) is 19.3 Å². The average Bonchev–Trinajstić information content (AvgIpc) is 2.65. The maximum atomic E-state index is 12.6. The third kappa shape index (κ3) is 4.40. The molecule has 1 saturated carbocycles. The summed E-state index contributed by atoms with van der Waals surface area (Å²) in [5.41, 5.74) is 0.637. The number of nitrogens with one attached hydrogen (secondary N) is 1. The fraction of sp³-hybridized carbons (Fsp3) is 0.556. The number of sulfone groups is 1. The fourth-order valence-electron chi connectivity index (χ4n) is 3.44. The molecule has 1 heterocycles. The van der Waals surface area contributed by atoms with Crippen LogP contribution in [0, 0.1) is 0 Å². The Bertz CT molecular complexity index is 801. The largest absolute Gasteiger partial charge is 0.343 e. The van der Waals surface area contributed by atoms with Gasteiger partial charge in [0.15, 0.2) is 9.84 Å². The number of thioether (sulfide) groups is 1. The lowest BCUT2D eigenvalue weighted by Crippen LogP contribution is -2.38. The summed E-state index contributed by atoms with van der Waals surface area (Å²) < 4.78 is 25.2. The van der Waals surface area contributed by atoms with Gasteiger partial charge in [0, 0.05) is 24.4 Å². The van der Waals surface area contributed by atoms with Crippen LogP contribution in [0.25, 0.3) is 0 Å². The summed E-state index contributed by atoms with van der Waals surface area (Å²) in [6, 6.07) is 4.94. The molecule has 2 aliphatic rings. The van der Waals surface area contributed by atoms with Gasteiger partial charge < -0.3 is 10.2 Å². The van der Waals surface area contributed by atoms with E-state index in [-0.39, 0.29) is 40.7 Å². The minimum absolute atomic E-state index is 0.00367. The van der Waals surface area contributed by atoms with Crippen LogP contribution in [0.15, 0.2) is 28.0 Å². The first-order chi connectivity index (χ1) is 12.4. The molecule has 0 atom stereocenters. The van der Waals surface area contributed by atoms with E-state index in [2.05, 4.69) is 5.32 Å². The Morgan fingerprint density at radius 2 is 2.00 bits per heavy atom. The standard InChI is InChI=1S/C18H24N2O4S2/c1-20(13-5-3-2-4-6-13)18(22)9-10-26(23,24)14-7-8-15-16(11-14)25-12-17(21)19-15/h7-8,11,13H,2-6,9-10,12H2,1H3,(H,19,21). The zero-order chi connectivity index (χ0) is 18.7. The van der Waals surface area contributed by atoms with Gasteiger partial charge >= 0.3 is 0 Å². The van der Waals surface area contributed by atoms with E-state index in [1.165, 1.54) is 24.2 Å². The van der Waals surface area contributed by atoms with E-state index >= 15 is 0 Å². The van der Waals surface area contributed by atoms with E-state index in [4.69, 9.17) is 0 Å². The molecule has 3 rings (SSSR count). The smallest absolute Gasteiger partial charge is 0.234 e. The number of hydrogen-bond acceptors (Lipinski definition) is 5. The summed E-state index contributed by atoms with van der Waals surface area (Å²) >= 11 is 1.32. The van der Waals surface area contributed by atoms with Crippen LogP contribution in [0.3, 0.4) is 0 Å². The van der Waals surface area contributed by atoms with Crippen LogP contribution in [-0.2, 0) is 19.4 Å². The minimum atomic E-state index is -3.54. The molecule has 0 unspecified atom stereocenters. The topological polar surface area (TPSA) is 83.6 Å². The van der Waals surface area contributed by atoms with Crippen LogP contribution in [0.4, 0.5) is 5.69 Å². The van der Waals surface area contributed by atoms with E-state index in [0.29, 0.717) is 5.69 Å². The second kappa shape index (κ2) is 8.00. The highest BCUT2D eigenvalue weighted by atomic mass is 32.2. The number of anilines is 1. The van der Waals surface area contributed by atoms with Crippen LogP contribution < -0.4 is 5.32 Å². The number of amides is 2. The van der Waals surface area contributed by atoms with Crippen molar-refractivity contribution in [2.75, 3.05) is 23.9 Å². The third-order valence-electron chi connectivity index (χ3n) is 5.05. The van der Waals surface area contributed by atoms with Crippen molar-refractivity contribution in [3.63, 3.8) is 0 Å². The van der Waals surface area contributed by atoms with Crippen molar-refractivity contribution in [1.29, 1.82) is 0 Å². The summed E-state index contributed by atoms with van der Waals surface area (Å²) in [5, 5.41) is 2.72. The summed E-state index contributed by atoms with van der Waals surface area (Å²) in [4.78, 5) is 26.5. The Morgan fingerprint density at radius 1 is 1.27 bits per heavy atom. The number of carbonyl (C=O) groups excluding carboxylic acids is 2. The number of carbonyl (C=O) groups is 2. The third-order valence-corrected chi connectivity index (χ3v) is 7.81. The van der Waals surface area contributed by atoms with E-state index in [9.17, 15) is 18.0 Å². The van der Waals surface area contributed by atoms with E-state index in [0.717, 1.165) is 30.6 Å². The molecule has 1 N–H and O–H groups in total. The number of nitrogens with zero attached hydrogens (tertiary/aromatic N) is 1. The first kappa shape index (κ1) is 19.2. The quantitative estimate of drug-likeness (QED) is 0.827. The Kier molecular flexibility index (Phi) is 5.92. The molecule has 1 aliphatic carbocycles. The van der Waals surface area contributed by atoms with Crippen molar-refractivity contribution in [3.05, 3.63) is 18.2 Å². The average molecular weight is 397 g/mol. The lowest BCUT2D eigenvalue weighted by Gasteiger charge is -2.31. The van der Waals surface area contributed by atoms with E-state index in [1.54, 1.807) is 24.1 Å². The highest BCUT2D eigenvalue weighted by molar-refractivity contribution is 8.00. The number of benzene rings is 1. The predicted octanol–water partition coefficient (Wildman–Crippen LogP) is 2.69. The molecule has 6 nitrogen and oxygen atoms in total. The molecule has 1 fully saturated rings. The molecular weight excluding hydrogens is 372 g/mol. The fourth-order valence-corrected chi connectivity index (χ4v) is 5.61. The van der Waals surface area contributed by atoms with Crippen molar-refractivity contribution < 1.29 is 18.0 Å². The van der Waals surface area contributed by atoms with Gasteiger partial charge in [-0.3, -0.25) is 9.59 Å². The zero-order valence-corrected chi connectivity index (χ0v) is 16.5. The molecule has 0 aromatic heterocycles. The number of fused-ring (bicyclic) bond motifs is 1. The molecule has 1 aromatic rings. The molecule has 142 valence electrons. The highest BCUT2D eigenvalue weighted by Crippen LogP contribution is 2.33. The Morgan fingerprint density at radius 3 is 2.73 bits per heavy atom. The molecule has 8 heteroatoms. The van der Waals surface area contributed by atoms with Gasteiger partial charge in [-0.25, -0.2) is 8.42 Å². The second-order valence-electron chi connectivity index (χ2n) is 6.86. The molecular formula is C18H24N2O4S2. The van der Waals surface area contributed by atoms with Crippen molar-refractivity contribution in [2.24, 2.45) is 0 Å². The molecule has 2 amide bonds. The normalized spacial score (nSPS) is 18.1. The van der Waals surface area contributed by atoms with Gasteiger partial charge in [-0.05, 0) is 31.0 Å². The predicted molar refractivity (Wildman–Crippen MR) is 102 cm³/mol. The van der Waals surface area contributed by atoms with Crippen molar-refractivity contribution in [2.45, 2.75) is 54.4 Å². The molecule has 1 aliphatic heterocycles. The Labute approximate surface area is 158 Å². The van der Waals surface area contributed by atoms with Crippen LogP contribution in [0.2, 0.25) is 0 Å². The van der Waals surface area contributed by atoms with Crippen LogP contribution in [0.1, 0.15) is 38.5 Å². The minimum Gasteiger partial charge on any atom is -0.343 e. The lowest BCUT2D eigenvalue weighted by molar-refractivity contribution is -0.132. The van der Waals surface area contributed by atoms with Crippen molar-refractivity contribution >= 4 is 39.1 Å². The van der Waals surface area contributed by atoms with Gasteiger partial charge in [0.1, 0.15) is 0 Å². The summed E-state index contributed by atoms with van der Waals surface area (Å²) in [6.45, 7) is 0. The maximum Gasteiger partial charge on any atom is 0.234 e. The second-order valence-corrected chi connectivity index (χ2v) is 9.99. The molecule has 0 spiro atoms. The van der Waals surface area contributed by atoms with Crippen molar-refractivity contribution in [1.82, 2.24) is 4.90 Å². The molecule has 1 aromatic carbocycles. The molecule has 0 bridgehead atoms. The molecule has 26 heavy (non-hydrogen) atoms. The first-order valence-electron chi connectivity index (χ1n) is 8.92. The lowest BCUT2D eigenvalue weighted by atomic mass is 9.94. The van der Waals surface area contributed by atoms with Crippen LogP contribution in [-0.4, -0.2) is 49.7 Å². The first-order valence-corrected chi connectivity index (χ1v) is 11.6. The van der Waals surface area contributed by atoms with Gasteiger partial charge in [0.25, 0.3) is 0 Å². The van der Waals surface area contributed by atoms with Gasteiger partial charge in [0.2, 0.25) is 11.8 Å².